The van der Waals surface area contributed by atoms with Crippen LogP contribution >= 0.6 is 23.2 Å². The van der Waals surface area contributed by atoms with E-state index in [2.05, 4.69) is 0 Å². The highest BCUT2D eigenvalue weighted by molar-refractivity contribution is 6.36. The van der Waals surface area contributed by atoms with Gasteiger partial charge in [0.15, 0.2) is 0 Å². The molecule has 4 heteroatoms. The number of benzene rings is 1. The number of hydrogen-bond acceptors (Lipinski definition) is 0. The van der Waals surface area contributed by atoms with Crippen LogP contribution in [-0.4, -0.2) is 0 Å². The molecule has 1 rings (SSSR count). The van der Waals surface area contributed by atoms with Crippen molar-refractivity contribution in [1.82, 2.24) is 0 Å². The summed E-state index contributed by atoms with van der Waals surface area (Å²) in [6, 6.07) is 3.09. The first kappa shape index (κ1) is 11.7. The molecule has 0 spiro atoms. The van der Waals surface area contributed by atoms with Gasteiger partial charge in [-0.05, 0) is 11.6 Å². The molecule has 0 nitrogen and oxygen atoms in total. The maximum Gasteiger partial charge on any atom is 0.266 e. The molecule has 0 aliphatic carbocycles. The molecule has 0 N–H and O–H groups in total. The summed E-state index contributed by atoms with van der Waals surface area (Å²) >= 11 is 11.4. The Kier molecular flexibility index (Phi) is 3.73. The lowest BCUT2D eigenvalue weighted by Crippen LogP contribution is -1.96. The first-order chi connectivity index (χ1) is 6.45. The molecule has 0 saturated heterocycles. The predicted molar refractivity (Wildman–Crippen MR) is 55.1 cm³/mol. The zero-order chi connectivity index (χ0) is 10.9. The van der Waals surface area contributed by atoms with Crippen LogP contribution in [0.3, 0.4) is 0 Å². The van der Waals surface area contributed by atoms with E-state index >= 15 is 0 Å². The predicted octanol–water partition coefficient (Wildman–Crippen LogP) is 4.89. The second-order valence-corrected chi connectivity index (χ2v) is 3.91. The Morgan fingerprint density at radius 3 is 2.21 bits per heavy atom. The zero-order valence-corrected chi connectivity index (χ0v) is 9.26. The molecule has 0 unspecified atom stereocenters. The summed E-state index contributed by atoms with van der Waals surface area (Å²) in [6.07, 6.45) is -2.64. The molecule has 0 amide bonds. The van der Waals surface area contributed by atoms with Crippen LogP contribution in [0.25, 0.3) is 0 Å². The molecule has 1 radical (unpaired) electrons. The third-order valence-corrected chi connectivity index (χ3v) is 2.62. The summed E-state index contributed by atoms with van der Waals surface area (Å²) in [7, 11) is 0. The molecule has 0 heterocycles. The third kappa shape index (κ3) is 2.18. The zero-order valence-electron chi connectivity index (χ0n) is 7.74. The van der Waals surface area contributed by atoms with Crippen LogP contribution in [0.5, 0.6) is 0 Å². The Balaban J connectivity index is 3.34. The minimum atomic E-state index is -2.64. The molecule has 1 aromatic rings. The molecule has 14 heavy (non-hydrogen) atoms. The van der Waals surface area contributed by atoms with Crippen molar-refractivity contribution in [3.63, 3.8) is 0 Å². The number of halogens is 4. The summed E-state index contributed by atoms with van der Waals surface area (Å²) in [5.74, 6) is 0.883. The van der Waals surface area contributed by atoms with Crippen molar-refractivity contribution in [2.45, 2.75) is 20.3 Å². The van der Waals surface area contributed by atoms with Crippen LogP contribution in [0.4, 0.5) is 8.78 Å². The van der Waals surface area contributed by atoms with Gasteiger partial charge in [0.05, 0.1) is 15.6 Å². The van der Waals surface area contributed by atoms with Gasteiger partial charge in [-0.2, -0.15) is 0 Å². The molecule has 0 aliphatic rings. The average molecular weight is 238 g/mol. The normalized spacial score (nSPS) is 11.4. The fourth-order valence-corrected chi connectivity index (χ4v) is 1.88. The summed E-state index contributed by atoms with van der Waals surface area (Å²) in [5.41, 5.74) is 0.332. The van der Waals surface area contributed by atoms with Gasteiger partial charge in [-0.1, -0.05) is 43.1 Å². The highest BCUT2D eigenvalue weighted by Gasteiger charge is 2.19. The maximum atomic E-state index is 12.6. The van der Waals surface area contributed by atoms with E-state index in [4.69, 9.17) is 23.2 Å². The highest BCUT2D eigenvalue weighted by atomic mass is 35.5. The molecule has 0 atom stereocenters. The van der Waals surface area contributed by atoms with Crippen LogP contribution in [0.15, 0.2) is 12.1 Å². The monoisotopic (exact) mass is 237 g/mol. The largest absolute Gasteiger partial charge is 0.266 e. The van der Waals surface area contributed by atoms with E-state index in [-0.39, 0.29) is 15.6 Å². The minimum absolute atomic E-state index is 0.00926. The second kappa shape index (κ2) is 4.45. The van der Waals surface area contributed by atoms with Crippen LogP contribution in [0.1, 0.15) is 31.4 Å². The van der Waals surface area contributed by atoms with E-state index in [1.54, 1.807) is 6.07 Å². The topological polar surface area (TPSA) is 0 Å². The van der Waals surface area contributed by atoms with Crippen LogP contribution in [-0.2, 0) is 0 Å². The van der Waals surface area contributed by atoms with E-state index in [1.807, 2.05) is 13.8 Å². The molecule has 77 valence electrons. The van der Waals surface area contributed by atoms with Crippen molar-refractivity contribution in [2.24, 2.45) is 0 Å². The van der Waals surface area contributed by atoms with E-state index in [0.29, 0.717) is 5.56 Å². The van der Waals surface area contributed by atoms with Gasteiger partial charge >= 0.3 is 0 Å². The molecule has 1 aromatic carbocycles. The lowest BCUT2D eigenvalue weighted by molar-refractivity contribution is 0.151. The summed E-state index contributed by atoms with van der Waals surface area (Å²) in [6.45, 7) is 3.62. The Hall–Kier alpha value is -0.340. The molecule has 0 aromatic heterocycles. The summed E-state index contributed by atoms with van der Waals surface area (Å²) < 4.78 is 25.1. The summed E-state index contributed by atoms with van der Waals surface area (Å²) in [4.78, 5) is 0. The molecule has 0 bridgehead atoms. The average Bonchev–Trinajstić information content (AvgIpc) is 2.02. The van der Waals surface area contributed by atoms with Gasteiger partial charge in [0, 0.05) is 5.92 Å². The molecular formula is C10H9Cl2F2. The Morgan fingerprint density at radius 2 is 1.79 bits per heavy atom. The SMILES string of the molecule is C[C](C)c1ccc(Cl)c(C(F)F)c1Cl. The number of rotatable bonds is 2. The molecule has 0 aliphatic heterocycles. The highest BCUT2D eigenvalue weighted by Crippen LogP contribution is 2.37. The van der Waals surface area contributed by atoms with Crippen molar-refractivity contribution < 1.29 is 8.78 Å². The Morgan fingerprint density at radius 1 is 1.21 bits per heavy atom. The quantitative estimate of drug-likeness (QED) is 0.687. The van der Waals surface area contributed by atoms with Crippen molar-refractivity contribution in [3.8, 4) is 0 Å². The van der Waals surface area contributed by atoms with E-state index in [0.717, 1.165) is 5.92 Å². The fraction of sp³-hybridized carbons (Fsp3) is 0.300. The van der Waals surface area contributed by atoms with Gasteiger partial charge in [0.1, 0.15) is 0 Å². The van der Waals surface area contributed by atoms with Crippen molar-refractivity contribution in [3.05, 3.63) is 39.2 Å². The van der Waals surface area contributed by atoms with Gasteiger partial charge in [0.2, 0.25) is 0 Å². The first-order valence-electron chi connectivity index (χ1n) is 4.01. The van der Waals surface area contributed by atoms with Crippen LogP contribution in [0, 0.1) is 5.92 Å². The minimum Gasteiger partial charge on any atom is -0.205 e. The van der Waals surface area contributed by atoms with Gasteiger partial charge in [0.25, 0.3) is 6.43 Å². The number of hydrogen-bond donors (Lipinski definition) is 0. The molecule has 0 fully saturated rings. The van der Waals surface area contributed by atoms with Crippen molar-refractivity contribution in [2.75, 3.05) is 0 Å². The lowest BCUT2D eigenvalue weighted by Gasteiger charge is -2.12. The second-order valence-electron chi connectivity index (χ2n) is 3.12. The molecule has 0 saturated carbocycles. The van der Waals surface area contributed by atoms with Crippen molar-refractivity contribution >= 4 is 23.2 Å². The van der Waals surface area contributed by atoms with E-state index < -0.39 is 6.43 Å². The summed E-state index contributed by atoms with van der Waals surface area (Å²) in [5, 5.41) is 0.0579. The standard InChI is InChI=1S/C10H9Cl2F2/c1-5(2)6-3-4-7(11)8(9(6)12)10(13)14/h3-4,10H,1-2H3. The van der Waals surface area contributed by atoms with Gasteiger partial charge < -0.3 is 0 Å². The lowest BCUT2D eigenvalue weighted by atomic mass is 10.0. The van der Waals surface area contributed by atoms with Gasteiger partial charge in [-0.3, -0.25) is 0 Å². The van der Waals surface area contributed by atoms with Crippen molar-refractivity contribution in [1.29, 1.82) is 0 Å². The van der Waals surface area contributed by atoms with E-state index in [9.17, 15) is 8.78 Å². The third-order valence-electron chi connectivity index (χ3n) is 1.88. The van der Waals surface area contributed by atoms with E-state index in [1.165, 1.54) is 6.07 Å². The van der Waals surface area contributed by atoms with Gasteiger partial charge in [-0.25, -0.2) is 8.78 Å². The van der Waals surface area contributed by atoms with Gasteiger partial charge in [-0.15, -0.1) is 0 Å². The first-order valence-corrected chi connectivity index (χ1v) is 4.77. The number of alkyl halides is 2. The van der Waals surface area contributed by atoms with Crippen LogP contribution in [0.2, 0.25) is 10.0 Å². The smallest absolute Gasteiger partial charge is 0.205 e. The van der Waals surface area contributed by atoms with Crippen LogP contribution < -0.4 is 0 Å². The Bertz CT molecular complexity index is 335. The molecular weight excluding hydrogens is 229 g/mol. The maximum absolute atomic E-state index is 12.6. The fourth-order valence-electron chi connectivity index (χ4n) is 1.16. The Labute approximate surface area is 91.8 Å².